The first-order valence-corrected chi connectivity index (χ1v) is 3.79. The van der Waals surface area contributed by atoms with E-state index in [1.807, 2.05) is 31.2 Å². The van der Waals surface area contributed by atoms with E-state index in [1.165, 1.54) is 11.5 Å². The molecule has 0 radical (unpaired) electrons. The predicted octanol–water partition coefficient (Wildman–Crippen LogP) is 1.02. The van der Waals surface area contributed by atoms with Crippen LogP contribution in [0.1, 0.15) is 11.1 Å². The smallest absolute Gasteiger partial charge is 0.424 e. The predicted molar refractivity (Wildman–Crippen MR) is 50.4 cm³/mol. The largest absolute Gasteiger partial charge is 0.480 e. The van der Waals surface area contributed by atoms with Crippen molar-refractivity contribution in [2.24, 2.45) is 0 Å². The van der Waals surface area contributed by atoms with E-state index in [-0.39, 0.29) is 0 Å². The monoisotopic (exact) mass is 162 g/mol. The summed E-state index contributed by atoms with van der Waals surface area (Å²) < 4.78 is 0. The molecule has 3 heteroatoms. The van der Waals surface area contributed by atoms with E-state index in [1.54, 1.807) is 6.08 Å². The standard InChI is InChI=1S/C9H11BO2/c1-8-2-4-9(5-3-8)6-7-10(11)12/h2-7,11-12H,1H3/b7-6+. The molecule has 0 aliphatic rings. The van der Waals surface area contributed by atoms with Crippen LogP contribution >= 0.6 is 0 Å². The Morgan fingerprint density at radius 3 is 2.25 bits per heavy atom. The van der Waals surface area contributed by atoms with Gasteiger partial charge in [0.2, 0.25) is 0 Å². The van der Waals surface area contributed by atoms with E-state index < -0.39 is 7.12 Å². The SMILES string of the molecule is Cc1ccc(/C=C/B(O)O)cc1. The molecule has 0 saturated heterocycles. The summed E-state index contributed by atoms with van der Waals surface area (Å²) >= 11 is 0. The van der Waals surface area contributed by atoms with Crippen LogP contribution in [0, 0.1) is 6.92 Å². The van der Waals surface area contributed by atoms with Gasteiger partial charge in [0.25, 0.3) is 0 Å². The van der Waals surface area contributed by atoms with Gasteiger partial charge in [0.05, 0.1) is 0 Å². The van der Waals surface area contributed by atoms with Gasteiger partial charge in [-0.2, -0.15) is 0 Å². The van der Waals surface area contributed by atoms with Crippen LogP contribution in [0.2, 0.25) is 0 Å². The first kappa shape index (κ1) is 9.04. The van der Waals surface area contributed by atoms with Crippen molar-refractivity contribution >= 4 is 13.2 Å². The van der Waals surface area contributed by atoms with Gasteiger partial charge in [0, 0.05) is 0 Å². The molecule has 2 nitrogen and oxygen atoms in total. The Labute approximate surface area is 72.3 Å². The Bertz CT molecular complexity index is 264. The second-order valence-corrected chi connectivity index (χ2v) is 2.68. The molecule has 62 valence electrons. The maximum absolute atomic E-state index is 8.54. The van der Waals surface area contributed by atoms with Crippen LogP contribution in [-0.2, 0) is 0 Å². The average molecular weight is 162 g/mol. The second kappa shape index (κ2) is 4.09. The summed E-state index contributed by atoms with van der Waals surface area (Å²) in [4.78, 5) is 0. The van der Waals surface area contributed by atoms with Crippen molar-refractivity contribution in [3.05, 3.63) is 41.4 Å². The third-order valence-corrected chi connectivity index (χ3v) is 1.54. The second-order valence-electron chi connectivity index (χ2n) is 2.68. The molecule has 0 atom stereocenters. The van der Waals surface area contributed by atoms with E-state index in [0.717, 1.165) is 5.56 Å². The number of hydrogen-bond donors (Lipinski definition) is 2. The first-order chi connectivity index (χ1) is 5.68. The molecule has 0 fully saturated rings. The summed E-state index contributed by atoms with van der Waals surface area (Å²) in [7, 11) is -1.37. The zero-order valence-electron chi connectivity index (χ0n) is 6.94. The third kappa shape index (κ3) is 2.90. The molecule has 0 amide bonds. The molecule has 0 bridgehead atoms. The third-order valence-electron chi connectivity index (χ3n) is 1.54. The van der Waals surface area contributed by atoms with Crippen LogP contribution in [-0.4, -0.2) is 17.2 Å². The summed E-state index contributed by atoms with van der Waals surface area (Å²) in [6.07, 6.45) is 1.67. The Morgan fingerprint density at radius 1 is 1.17 bits per heavy atom. The van der Waals surface area contributed by atoms with E-state index in [4.69, 9.17) is 10.0 Å². The zero-order valence-corrected chi connectivity index (χ0v) is 6.94. The van der Waals surface area contributed by atoms with Gasteiger partial charge < -0.3 is 10.0 Å². The molecule has 0 saturated carbocycles. The molecule has 1 rings (SSSR count). The number of rotatable bonds is 2. The lowest BCUT2D eigenvalue weighted by Crippen LogP contribution is -2.05. The van der Waals surface area contributed by atoms with Crippen LogP contribution in [0.4, 0.5) is 0 Å². The van der Waals surface area contributed by atoms with E-state index in [2.05, 4.69) is 0 Å². The highest BCUT2D eigenvalue weighted by Gasteiger charge is 1.97. The zero-order chi connectivity index (χ0) is 8.97. The van der Waals surface area contributed by atoms with Crippen LogP contribution in [0.25, 0.3) is 6.08 Å². The molecule has 0 spiro atoms. The highest BCUT2D eigenvalue weighted by molar-refractivity contribution is 6.48. The molecule has 1 aromatic rings. The fourth-order valence-electron chi connectivity index (χ4n) is 0.875. The number of aryl methyl sites for hydroxylation is 1. The van der Waals surface area contributed by atoms with Gasteiger partial charge in [-0.1, -0.05) is 41.9 Å². The maximum atomic E-state index is 8.54. The van der Waals surface area contributed by atoms with Gasteiger partial charge in [0.15, 0.2) is 0 Å². The minimum Gasteiger partial charge on any atom is -0.424 e. The summed E-state index contributed by atoms with van der Waals surface area (Å²) in [5, 5.41) is 17.1. The van der Waals surface area contributed by atoms with Gasteiger partial charge >= 0.3 is 7.12 Å². The lowest BCUT2D eigenvalue weighted by atomic mass is 9.91. The fraction of sp³-hybridized carbons (Fsp3) is 0.111. The quantitative estimate of drug-likeness (QED) is 0.637. The van der Waals surface area contributed by atoms with Crippen LogP contribution < -0.4 is 0 Å². The van der Waals surface area contributed by atoms with Gasteiger partial charge in [-0.05, 0) is 12.5 Å². The van der Waals surface area contributed by atoms with Crippen molar-refractivity contribution in [3.8, 4) is 0 Å². The van der Waals surface area contributed by atoms with Gasteiger partial charge in [-0.25, -0.2) is 0 Å². The molecule has 1 aromatic carbocycles. The summed E-state index contributed by atoms with van der Waals surface area (Å²) in [6, 6.07) is 7.80. The van der Waals surface area contributed by atoms with E-state index >= 15 is 0 Å². The topological polar surface area (TPSA) is 40.5 Å². The lowest BCUT2D eigenvalue weighted by Gasteiger charge is -1.93. The highest BCUT2D eigenvalue weighted by Crippen LogP contribution is 2.04. The van der Waals surface area contributed by atoms with Crippen LogP contribution in [0.5, 0.6) is 0 Å². The molecule has 0 aromatic heterocycles. The summed E-state index contributed by atoms with van der Waals surface area (Å²) in [5.41, 5.74) is 2.16. The maximum Gasteiger partial charge on any atom is 0.480 e. The highest BCUT2D eigenvalue weighted by atomic mass is 16.4. The summed E-state index contributed by atoms with van der Waals surface area (Å²) in [6.45, 7) is 2.01. The normalized spacial score (nSPS) is 10.6. The number of benzene rings is 1. The van der Waals surface area contributed by atoms with Gasteiger partial charge in [0.1, 0.15) is 0 Å². The molecule has 2 N–H and O–H groups in total. The van der Waals surface area contributed by atoms with Crippen molar-refractivity contribution in [1.29, 1.82) is 0 Å². The summed E-state index contributed by atoms with van der Waals surface area (Å²) in [5.74, 6) is 1.32. The molecule has 12 heavy (non-hydrogen) atoms. The fourth-order valence-corrected chi connectivity index (χ4v) is 0.875. The Balaban J connectivity index is 2.71. The minimum absolute atomic E-state index is 0.966. The van der Waals surface area contributed by atoms with Gasteiger partial charge in [-0.15, -0.1) is 0 Å². The molecule has 0 heterocycles. The van der Waals surface area contributed by atoms with Crippen molar-refractivity contribution in [3.63, 3.8) is 0 Å². The van der Waals surface area contributed by atoms with Crippen molar-refractivity contribution in [2.75, 3.05) is 0 Å². The molecular weight excluding hydrogens is 151 g/mol. The average Bonchev–Trinajstić information content (AvgIpc) is 2.03. The lowest BCUT2D eigenvalue weighted by molar-refractivity contribution is 0.424. The van der Waals surface area contributed by atoms with Gasteiger partial charge in [-0.3, -0.25) is 0 Å². The molecule has 0 unspecified atom stereocenters. The molecule has 0 aliphatic heterocycles. The Kier molecular flexibility index (Phi) is 3.08. The first-order valence-electron chi connectivity index (χ1n) is 3.79. The minimum atomic E-state index is -1.37. The molecular formula is C9H11BO2. The Hall–Kier alpha value is -1.06. The van der Waals surface area contributed by atoms with Crippen molar-refractivity contribution < 1.29 is 10.0 Å². The number of hydrogen-bond acceptors (Lipinski definition) is 2. The van der Waals surface area contributed by atoms with E-state index in [0.29, 0.717) is 0 Å². The molecule has 0 aliphatic carbocycles. The van der Waals surface area contributed by atoms with Crippen molar-refractivity contribution in [2.45, 2.75) is 6.92 Å². The van der Waals surface area contributed by atoms with Crippen molar-refractivity contribution in [1.82, 2.24) is 0 Å². The Morgan fingerprint density at radius 2 is 1.75 bits per heavy atom. The van der Waals surface area contributed by atoms with Crippen LogP contribution in [0.3, 0.4) is 0 Å². The van der Waals surface area contributed by atoms with E-state index in [9.17, 15) is 0 Å². The van der Waals surface area contributed by atoms with Crippen LogP contribution in [0.15, 0.2) is 30.2 Å².